The van der Waals surface area contributed by atoms with Crippen LogP contribution >= 0.6 is 0 Å². The van der Waals surface area contributed by atoms with Crippen LogP contribution in [0, 0.1) is 0 Å². The van der Waals surface area contributed by atoms with Crippen LogP contribution in [0.2, 0.25) is 0 Å². The summed E-state index contributed by atoms with van der Waals surface area (Å²) in [5.74, 6) is -0.432. The fraction of sp³-hybridized carbons (Fsp3) is 0.250. The Kier molecular flexibility index (Phi) is 6.93. The zero-order valence-corrected chi connectivity index (χ0v) is 15.7. The molecule has 2 rings (SSSR count). The summed E-state index contributed by atoms with van der Waals surface area (Å²) in [7, 11) is 3.37. The van der Waals surface area contributed by atoms with Crippen LogP contribution in [0.3, 0.4) is 0 Å². The van der Waals surface area contributed by atoms with Gasteiger partial charge in [-0.1, -0.05) is 0 Å². The highest BCUT2D eigenvalue weighted by atomic mass is 16.2. The van der Waals surface area contributed by atoms with Crippen molar-refractivity contribution in [3.05, 3.63) is 59.7 Å². The number of anilines is 2. The Bertz CT molecular complexity index is 799. The standard InChI is InChI=1S/C20H24N4O3/c1-4-21-19(26)14-5-9-16(10-6-14)22-13-18(25)23-17-11-7-15(8-12-17)20(27)24(2)3/h5-12,22H,4,13H2,1-3H3,(H,21,26)(H,23,25). The molecule has 0 bridgehead atoms. The van der Waals surface area contributed by atoms with Gasteiger partial charge in [0.2, 0.25) is 5.91 Å². The van der Waals surface area contributed by atoms with Crippen molar-refractivity contribution in [2.24, 2.45) is 0 Å². The third kappa shape index (κ3) is 5.85. The van der Waals surface area contributed by atoms with Gasteiger partial charge < -0.3 is 20.9 Å². The van der Waals surface area contributed by atoms with Crippen molar-refractivity contribution in [3.63, 3.8) is 0 Å². The first-order valence-corrected chi connectivity index (χ1v) is 8.64. The van der Waals surface area contributed by atoms with E-state index in [-0.39, 0.29) is 24.3 Å². The molecule has 2 aromatic rings. The lowest BCUT2D eigenvalue weighted by atomic mass is 10.2. The minimum atomic E-state index is -0.213. The molecule has 0 unspecified atom stereocenters. The third-order valence-electron chi connectivity index (χ3n) is 3.76. The zero-order valence-electron chi connectivity index (χ0n) is 15.7. The topological polar surface area (TPSA) is 90.5 Å². The first kappa shape index (κ1) is 20.0. The van der Waals surface area contributed by atoms with Gasteiger partial charge in [-0.3, -0.25) is 14.4 Å². The number of benzene rings is 2. The summed E-state index contributed by atoms with van der Waals surface area (Å²) in [6, 6.07) is 13.6. The molecule has 2 aromatic carbocycles. The average Bonchev–Trinajstić information content (AvgIpc) is 2.67. The number of hydrogen-bond acceptors (Lipinski definition) is 4. The largest absolute Gasteiger partial charge is 0.376 e. The second-order valence-corrected chi connectivity index (χ2v) is 6.12. The molecule has 0 aromatic heterocycles. The highest BCUT2D eigenvalue weighted by Gasteiger charge is 2.08. The van der Waals surface area contributed by atoms with Crippen molar-refractivity contribution in [1.82, 2.24) is 10.2 Å². The molecule has 27 heavy (non-hydrogen) atoms. The maximum absolute atomic E-state index is 12.1. The molecule has 3 amide bonds. The fourth-order valence-corrected chi connectivity index (χ4v) is 2.34. The number of nitrogens with one attached hydrogen (secondary N) is 3. The molecule has 142 valence electrons. The maximum Gasteiger partial charge on any atom is 0.253 e. The molecule has 0 heterocycles. The van der Waals surface area contributed by atoms with Crippen LogP contribution in [-0.4, -0.2) is 49.8 Å². The minimum Gasteiger partial charge on any atom is -0.376 e. The highest BCUT2D eigenvalue weighted by molar-refractivity contribution is 5.97. The summed E-state index contributed by atoms with van der Waals surface area (Å²) in [6.45, 7) is 2.52. The van der Waals surface area contributed by atoms with E-state index in [0.29, 0.717) is 23.4 Å². The molecular weight excluding hydrogens is 344 g/mol. The molecule has 3 N–H and O–H groups in total. The smallest absolute Gasteiger partial charge is 0.253 e. The average molecular weight is 368 g/mol. The molecule has 0 spiro atoms. The van der Waals surface area contributed by atoms with Gasteiger partial charge in [0, 0.05) is 43.1 Å². The van der Waals surface area contributed by atoms with E-state index < -0.39 is 0 Å². The second-order valence-electron chi connectivity index (χ2n) is 6.12. The van der Waals surface area contributed by atoms with E-state index in [0.717, 1.165) is 5.69 Å². The van der Waals surface area contributed by atoms with Crippen molar-refractivity contribution < 1.29 is 14.4 Å². The first-order chi connectivity index (χ1) is 12.9. The van der Waals surface area contributed by atoms with Crippen LogP contribution in [0.15, 0.2) is 48.5 Å². The Morgan fingerprint density at radius 3 is 1.96 bits per heavy atom. The Balaban J connectivity index is 1.85. The van der Waals surface area contributed by atoms with Crippen LogP contribution in [0.5, 0.6) is 0 Å². The number of carbonyl (C=O) groups is 3. The number of nitrogens with zero attached hydrogens (tertiary/aromatic N) is 1. The van der Waals surface area contributed by atoms with Crippen LogP contribution in [-0.2, 0) is 4.79 Å². The van der Waals surface area contributed by atoms with Crippen LogP contribution in [0.4, 0.5) is 11.4 Å². The molecule has 0 atom stereocenters. The molecule has 0 saturated carbocycles. The lowest BCUT2D eigenvalue weighted by molar-refractivity contribution is -0.114. The van der Waals surface area contributed by atoms with Crippen LogP contribution in [0.25, 0.3) is 0 Å². The molecule has 7 nitrogen and oxygen atoms in total. The lowest BCUT2D eigenvalue weighted by Gasteiger charge is -2.11. The molecule has 0 aliphatic rings. The van der Waals surface area contributed by atoms with Gasteiger partial charge in [0.15, 0.2) is 0 Å². The van der Waals surface area contributed by atoms with E-state index in [1.165, 1.54) is 4.90 Å². The van der Waals surface area contributed by atoms with Gasteiger partial charge >= 0.3 is 0 Å². The molecule has 0 aliphatic carbocycles. The monoisotopic (exact) mass is 368 g/mol. The Labute approximate surface area is 158 Å². The summed E-state index contributed by atoms with van der Waals surface area (Å²) in [5.41, 5.74) is 2.48. The number of amides is 3. The minimum absolute atomic E-state index is 0.0822. The number of rotatable bonds is 7. The Morgan fingerprint density at radius 1 is 0.852 bits per heavy atom. The summed E-state index contributed by atoms with van der Waals surface area (Å²) < 4.78 is 0. The maximum atomic E-state index is 12.1. The van der Waals surface area contributed by atoms with Crippen molar-refractivity contribution in [2.75, 3.05) is 37.8 Å². The predicted octanol–water partition coefficient (Wildman–Crippen LogP) is 2.19. The normalized spacial score (nSPS) is 10.0. The van der Waals surface area contributed by atoms with Crippen molar-refractivity contribution in [3.8, 4) is 0 Å². The van der Waals surface area contributed by atoms with Crippen molar-refractivity contribution in [1.29, 1.82) is 0 Å². The van der Waals surface area contributed by atoms with Crippen LogP contribution in [0.1, 0.15) is 27.6 Å². The number of hydrogen-bond donors (Lipinski definition) is 3. The Morgan fingerprint density at radius 2 is 1.41 bits per heavy atom. The number of carbonyl (C=O) groups excluding carboxylic acids is 3. The van der Waals surface area contributed by atoms with Gasteiger partial charge in [-0.15, -0.1) is 0 Å². The van der Waals surface area contributed by atoms with Gasteiger partial charge in [-0.05, 0) is 55.5 Å². The molecular formula is C20H24N4O3. The highest BCUT2D eigenvalue weighted by Crippen LogP contribution is 2.12. The van der Waals surface area contributed by atoms with Gasteiger partial charge in [-0.2, -0.15) is 0 Å². The van der Waals surface area contributed by atoms with Crippen molar-refractivity contribution >= 4 is 29.1 Å². The molecule has 0 saturated heterocycles. The van der Waals surface area contributed by atoms with E-state index in [9.17, 15) is 14.4 Å². The SMILES string of the molecule is CCNC(=O)c1ccc(NCC(=O)Nc2ccc(C(=O)N(C)C)cc2)cc1. The molecule has 0 fully saturated rings. The van der Waals surface area contributed by atoms with E-state index in [4.69, 9.17) is 0 Å². The summed E-state index contributed by atoms with van der Waals surface area (Å²) in [5, 5.41) is 8.49. The Hall–Kier alpha value is -3.35. The van der Waals surface area contributed by atoms with Gasteiger partial charge in [0.25, 0.3) is 11.8 Å². The molecule has 0 aliphatic heterocycles. The summed E-state index contributed by atoms with van der Waals surface area (Å²) in [6.07, 6.45) is 0. The summed E-state index contributed by atoms with van der Waals surface area (Å²) in [4.78, 5) is 37.1. The van der Waals surface area contributed by atoms with Gasteiger partial charge in [0.1, 0.15) is 0 Å². The third-order valence-corrected chi connectivity index (χ3v) is 3.76. The summed E-state index contributed by atoms with van der Waals surface area (Å²) >= 11 is 0. The van der Waals surface area contributed by atoms with Crippen molar-refractivity contribution in [2.45, 2.75) is 6.92 Å². The first-order valence-electron chi connectivity index (χ1n) is 8.64. The lowest BCUT2D eigenvalue weighted by Crippen LogP contribution is -2.23. The van der Waals surface area contributed by atoms with E-state index in [2.05, 4.69) is 16.0 Å². The quantitative estimate of drug-likeness (QED) is 0.699. The van der Waals surface area contributed by atoms with E-state index in [1.807, 2.05) is 6.92 Å². The van der Waals surface area contributed by atoms with E-state index >= 15 is 0 Å². The van der Waals surface area contributed by atoms with Crippen LogP contribution < -0.4 is 16.0 Å². The fourth-order valence-electron chi connectivity index (χ4n) is 2.34. The van der Waals surface area contributed by atoms with Gasteiger partial charge in [-0.25, -0.2) is 0 Å². The second kappa shape index (κ2) is 9.38. The van der Waals surface area contributed by atoms with Gasteiger partial charge in [0.05, 0.1) is 6.54 Å². The molecule has 7 heteroatoms. The van der Waals surface area contributed by atoms with E-state index in [1.54, 1.807) is 62.6 Å². The zero-order chi connectivity index (χ0) is 19.8. The predicted molar refractivity (Wildman–Crippen MR) is 106 cm³/mol. The molecule has 0 radical (unpaired) electrons.